The van der Waals surface area contributed by atoms with Gasteiger partial charge in [-0.15, -0.1) is 0 Å². The molecule has 0 radical (unpaired) electrons. The quantitative estimate of drug-likeness (QED) is 0.659. The summed E-state index contributed by atoms with van der Waals surface area (Å²) in [6, 6.07) is 0. The second kappa shape index (κ2) is 5.13. The molecule has 2 rings (SSSR count). The van der Waals surface area contributed by atoms with Gasteiger partial charge in [-0.1, -0.05) is 11.6 Å². The Bertz CT molecular complexity index is 522. The van der Waals surface area contributed by atoms with Crippen molar-refractivity contribution in [3.05, 3.63) is 17.0 Å². The maximum absolute atomic E-state index is 11.9. The molecule has 2 heterocycles. The monoisotopic (exact) mass is 282 g/mol. The highest BCUT2D eigenvalue weighted by Crippen LogP contribution is 2.34. The van der Waals surface area contributed by atoms with Crippen molar-refractivity contribution in [3.63, 3.8) is 0 Å². The van der Waals surface area contributed by atoms with Gasteiger partial charge in [0.2, 0.25) is 5.91 Å². The van der Waals surface area contributed by atoms with Gasteiger partial charge in [-0.25, -0.2) is 9.97 Å². The first kappa shape index (κ1) is 13.7. The van der Waals surface area contributed by atoms with E-state index < -0.39 is 5.41 Å². The largest absolute Gasteiger partial charge is 0.359 e. The van der Waals surface area contributed by atoms with Crippen LogP contribution in [0.5, 0.6) is 0 Å². The fourth-order valence-corrected chi connectivity index (χ4v) is 2.52. The topological polar surface area (TPSA) is 75.2 Å². The van der Waals surface area contributed by atoms with Crippen LogP contribution < -0.4 is 10.2 Å². The van der Waals surface area contributed by atoms with E-state index in [9.17, 15) is 9.59 Å². The smallest absolute Gasteiger partial charge is 0.227 e. The van der Waals surface area contributed by atoms with Crippen LogP contribution in [0.25, 0.3) is 0 Å². The molecule has 0 bridgehead atoms. The summed E-state index contributed by atoms with van der Waals surface area (Å²) in [6.45, 7) is 3.05. The summed E-state index contributed by atoms with van der Waals surface area (Å²) >= 11 is 5.88. The zero-order valence-electron chi connectivity index (χ0n) is 10.8. The third kappa shape index (κ3) is 2.40. The van der Waals surface area contributed by atoms with Gasteiger partial charge < -0.3 is 10.2 Å². The van der Waals surface area contributed by atoms with Crippen LogP contribution >= 0.6 is 11.6 Å². The summed E-state index contributed by atoms with van der Waals surface area (Å²) in [7, 11) is 1.62. The first-order valence-electron chi connectivity index (χ1n) is 5.94. The maximum atomic E-state index is 11.9. The minimum Gasteiger partial charge on any atom is -0.359 e. The average Bonchev–Trinajstić information content (AvgIpc) is 2.81. The Morgan fingerprint density at radius 1 is 1.58 bits per heavy atom. The average molecular weight is 283 g/mol. The zero-order valence-corrected chi connectivity index (χ0v) is 11.6. The van der Waals surface area contributed by atoms with Gasteiger partial charge in [0.25, 0.3) is 0 Å². The van der Waals surface area contributed by atoms with E-state index in [0.717, 1.165) is 0 Å². The number of nitrogens with one attached hydrogen (secondary N) is 1. The van der Waals surface area contributed by atoms with Gasteiger partial charge in [-0.3, -0.25) is 9.59 Å². The highest BCUT2D eigenvalue weighted by Gasteiger charge is 2.40. The number of anilines is 1. The molecule has 1 aromatic rings. The molecule has 7 heteroatoms. The summed E-state index contributed by atoms with van der Waals surface area (Å²) in [5.41, 5.74) is -0.211. The predicted octanol–water partition coefficient (Wildman–Crippen LogP) is 0.905. The number of amides is 1. The fourth-order valence-electron chi connectivity index (χ4n) is 2.35. The number of rotatable bonds is 3. The fraction of sp³-hybridized carbons (Fsp3) is 0.500. The van der Waals surface area contributed by atoms with Crippen LogP contribution in [-0.4, -0.2) is 42.3 Å². The van der Waals surface area contributed by atoms with Crippen LogP contribution in [-0.2, 0) is 4.79 Å². The molecule has 19 heavy (non-hydrogen) atoms. The van der Waals surface area contributed by atoms with Gasteiger partial charge in [0.15, 0.2) is 6.29 Å². The summed E-state index contributed by atoms with van der Waals surface area (Å²) in [4.78, 5) is 32.7. The summed E-state index contributed by atoms with van der Waals surface area (Å²) in [5.74, 6) is 0.477. The van der Waals surface area contributed by atoms with Gasteiger partial charge in [0.05, 0.1) is 11.0 Å². The van der Waals surface area contributed by atoms with E-state index >= 15 is 0 Å². The summed E-state index contributed by atoms with van der Waals surface area (Å²) in [6.07, 6.45) is 2.67. The third-order valence-corrected chi connectivity index (χ3v) is 3.78. The van der Waals surface area contributed by atoms with Gasteiger partial charge in [0.1, 0.15) is 17.3 Å². The number of carbonyl (C=O) groups excluding carboxylic acids is 2. The Hall–Kier alpha value is -1.69. The highest BCUT2D eigenvalue weighted by molar-refractivity contribution is 6.32. The molecule has 1 saturated heterocycles. The summed E-state index contributed by atoms with van der Waals surface area (Å²) < 4.78 is 0. The molecule has 1 aromatic heterocycles. The van der Waals surface area contributed by atoms with Crippen molar-refractivity contribution >= 4 is 29.6 Å². The van der Waals surface area contributed by atoms with Crippen LogP contribution in [0, 0.1) is 5.41 Å². The van der Waals surface area contributed by atoms with Gasteiger partial charge >= 0.3 is 0 Å². The molecule has 102 valence electrons. The first-order chi connectivity index (χ1) is 9.01. The van der Waals surface area contributed by atoms with Crippen molar-refractivity contribution in [2.24, 2.45) is 5.41 Å². The minimum absolute atomic E-state index is 0.0113. The molecule has 0 aromatic carbocycles. The highest BCUT2D eigenvalue weighted by atomic mass is 35.5. The predicted molar refractivity (Wildman–Crippen MR) is 71.4 cm³/mol. The van der Waals surface area contributed by atoms with Crippen molar-refractivity contribution in [1.29, 1.82) is 0 Å². The number of aldehydes is 1. The Balaban J connectivity index is 2.29. The van der Waals surface area contributed by atoms with Crippen molar-refractivity contribution in [1.82, 2.24) is 15.3 Å². The summed E-state index contributed by atoms with van der Waals surface area (Å²) in [5, 5.41) is 2.80. The minimum atomic E-state index is -0.480. The Morgan fingerprint density at radius 2 is 2.32 bits per heavy atom. The molecule has 1 unspecified atom stereocenters. The molecule has 6 nitrogen and oxygen atoms in total. The molecule has 0 aliphatic carbocycles. The van der Waals surface area contributed by atoms with Crippen LogP contribution in [0.1, 0.15) is 23.7 Å². The normalized spacial score (nSPS) is 22.4. The zero-order chi connectivity index (χ0) is 14.0. The molecular formula is C12H15ClN4O2. The van der Waals surface area contributed by atoms with Gasteiger partial charge in [-0.2, -0.15) is 0 Å². The SMILES string of the molecule is CNC(=O)C1(C)CCN(c2ncnc(Cl)c2C=O)C1. The van der Waals surface area contributed by atoms with Crippen LogP contribution in [0.3, 0.4) is 0 Å². The Morgan fingerprint density at radius 3 is 2.95 bits per heavy atom. The van der Waals surface area contributed by atoms with Gasteiger partial charge in [0, 0.05) is 20.1 Å². The molecule has 0 spiro atoms. The molecule has 0 saturated carbocycles. The molecule has 1 aliphatic heterocycles. The van der Waals surface area contributed by atoms with E-state index in [0.29, 0.717) is 31.6 Å². The Kier molecular flexibility index (Phi) is 3.71. The lowest BCUT2D eigenvalue weighted by molar-refractivity contribution is -0.128. The molecule has 1 fully saturated rings. The van der Waals surface area contributed by atoms with E-state index in [2.05, 4.69) is 15.3 Å². The number of halogens is 1. The van der Waals surface area contributed by atoms with E-state index in [-0.39, 0.29) is 16.6 Å². The second-order valence-corrected chi connectivity index (χ2v) is 5.19. The van der Waals surface area contributed by atoms with E-state index in [4.69, 9.17) is 11.6 Å². The lowest BCUT2D eigenvalue weighted by Gasteiger charge is -2.23. The van der Waals surface area contributed by atoms with Crippen molar-refractivity contribution in [2.75, 3.05) is 25.0 Å². The second-order valence-electron chi connectivity index (χ2n) is 4.83. The maximum Gasteiger partial charge on any atom is 0.227 e. The van der Waals surface area contributed by atoms with E-state index in [1.807, 2.05) is 11.8 Å². The lowest BCUT2D eigenvalue weighted by atomic mass is 9.89. The molecule has 1 aliphatic rings. The van der Waals surface area contributed by atoms with E-state index in [1.54, 1.807) is 7.05 Å². The number of hydrogen-bond donors (Lipinski definition) is 1. The number of nitrogens with zero attached hydrogens (tertiary/aromatic N) is 3. The Labute approximate surface area is 116 Å². The first-order valence-corrected chi connectivity index (χ1v) is 6.32. The lowest BCUT2D eigenvalue weighted by Crippen LogP contribution is -2.39. The van der Waals surface area contributed by atoms with E-state index in [1.165, 1.54) is 6.33 Å². The van der Waals surface area contributed by atoms with Crippen LogP contribution in [0.4, 0.5) is 5.82 Å². The number of hydrogen-bond acceptors (Lipinski definition) is 5. The van der Waals surface area contributed by atoms with Gasteiger partial charge in [-0.05, 0) is 13.3 Å². The molecule has 1 amide bonds. The van der Waals surface area contributed by atoms with Crippen LogP contribution in [0.15, 0.2) is 6.33 Å². The van der Waals surface area contributed by atoms with Crippen molar-refractivity contribution in [2.45, 2.75) is 13.3 Å². The third-order valence-electron chi connectivity index (χ3n) is 3.48. The standard InChI is InChI=1S/C12H15ClN4O2/c1-12(11(19)14-2)3-4-17(6-12)10-8(5-18)9(13)15-7-16-10/h5,7H,3-4,6H2,1-2H3,(H,14,19). The molecule has 1 N–H and O–H groups in total. The molecule has 1 atom stereocenters. The van der Waals surface area contributed by atoms with Crippen LogP contribution in [0.2, 0.25) is 5.15 Å². The van der Waals surface area contributed by atoms with Crippen molar-refractivity contribution < 1.29 is 9.59 Å². The van der Waals surface area contributed by atoms with Crippen molar-refractivity contribution in [3.8, 4) is 0 Å². The molecular weight excluding hydrogens is 268 g/mol. The number of aromatic nitrogens is 2. The number of carbonyl (C=O) groups is 2.